The van der Waals surface area contributed by atoms with Crippen LogP contribution < -0.4 is 21.7 Å². The fourth-order valence-electron chi connectivity index (χ4n) is 10.8. The molecule has 0 spiro atoms. The molecule has 0 amide bonds. The molecule has 1 aromatic carbocycles. The van der Waals surface area contributed by atoms with Crippen molar-refractivity contribution in [1.82, 2.24) is 16.0 Å². The molecule has 4 aliphatic rings. The van der Waals surface area contributed by atoms with Gasteiger partial charge in [-0.25, -0.2) is 4.79 Å². The minimum Gasteiger partial charge on any atom is -0.483 e. The number of nitrogens with two attached hydrogens (primary N) is 1. The van der Waals surface area contributed by atoms with Crippen LogP contribution in [0.1, 0.15) is 112 Å². The standard InChI is InChI=1S/C36H59N4O2.Zn/c1-6-19-40-33(9-7-8-18-37)32-13-12-30-29-11-10-27-23-28(42-34(41)26-21-24(2)20-25(3)22-26)14-16-35(27,38-4)31(29)15-17-36(30,32)39-5;/h18,20-22,27-33,38-40H,6-17,19,23,37H2,1-5H3;/q-1;. The fourth-order valence-corrected chi connectivity index (χ4v) is 10.8. The van der Waals surface area contributed by atoms with Gasteiger partial charge in [-0.1, -0.05) is 30.5 Å². The van der Waals surface area contributed by atoms with Gasteiger partial charge in [0.25, 0.3) is 0 Å². The predicted molar refractivity (Wildman–Crippen MR) is 172 cm³/mol. The summed E-state index contributed by atoms with van der Waals surface area (Å²) in [6.45, 7) is 9.31. The number of hydrogen-bond donors (Lipinski definition) is 4. The van der Waals surface area contributed by atoms with Gasteiger partial charge in [-0.3, -0.25) is 6.54 Å². The van der Waals surface area contributed by atoms with Crippen LogP contribution in [-0.2, 0) is 24.2 Å². The number of nitrogens with one attached hydrogen (secondary N) is 3. The first kappa shape index (κ1) is 35.0. The normalized spacial score (nSPS) is 35.7. The zero-order chi connectivity index (χ0) is 29.9. The maximum absolute atomic E-state index is 13.1. The van der Waals surface area contributed by atoms with Crippen molar-refractivity contribution < 1.29 is 29.0 Å². The molecule has 4 fully saturated rings. The quantitative estimate of drug-likeness (QED) is 0.0960. The maximum atomic E-state index is 13.1. The number of aryl methyl sites for hydroxylation is 2. The molecule has 5 rings (SSSR count). The molecule has 0 aromatic heterocycles. The Morgan fingerprint density at radius 2 is 1.70 bits per heavy atom. The van der Waals surface area contributed by atoms with Gasteiger partial charge in [-0.05, 0) is 147 Å². The van der Waals surface area contributed by atoms with Crippen LogP contribution in [0, 0.1) is 50.0 Å². The third-order valence-corrected chi connectivity index (χ3v) is 12.4. The third kappa shape index (κ3) is 6.82. The molecule has 1 aromatic rings. The van der Waals surface area contributed by atoms with Crippen molar-refractivity contribution in [2.75, 3.05) is 20.6 Å². The summed E-state index contributed by atoms with van der Waals surface area (Å²) in [6.07, 6.45) is 15.4. The molecule has 7 heteroatoms. The van der Waals surface area contributed by atoms with Crippen molar-refractivity contribution >= 4 is 5.97 Å². The number of ether oxygens (including phenoxy) is 1. The third-order valence-electron chi connectivity index (χ3n) is 12.4. The van der Waals surface area contributed by atoms with E-state index in [1.54, 1.807) is 0 Å². The van der Waals surface area contributed by atoms with Crippen molar-refractivity contribution in [3.05, 3.63) is 41.4 Å². The van der Waals surface area contributed by atoms with Gasteiger partial charge in [0, 0.05) is 36.6 Å². The smallest absolute Gasteiger partial charge is 0.338 e. The zero-order valence-corrected chi connectivity index (χ0v) is 30.8. The average molecular weight is 645 g/mol. The molecule has 4 aliphatic carbocycles. The summed E-state index contributed by atoms with van der Waals surface area (Å²) in [5.41, 5.74) is 9.09. The Balaban J connectivity index is 0.00000423. The number of carbonyl (C=O) groups is 1. The van der Waals surface area contributed by atoms with Crippen LogP contribution in [0.25, 0.3) is 0 Å². The first-order valence-corrected chi connectivity index (χ1v) is 17.3. The van der Waals surface area contributed by atoms with Crippen LogP contribution in [0.2, 0.25) is 0 Å². The van der Waals surface area contributed by atoms with Crippen LogP contribution in [0.5, 0.6) is 0 Å². The van der Waals surface area contributed by atoms with Crippen LogP contribution in [-0.4, -0.2) is 49.8 Å². The van der Waals surface area contributed by atoms with Crippen molar-refractivity contribution in [3.63, 3.8) is 0 Å². The average Bonchev–Trinajstić information content (AvgIpc) is 3.38. The largest absolute Gasteiger partial charge is 0.483 e. The molecule has 238 valence electrons. The zero-order valence-electron chi connectivity index (χ0n) is 27.9. The first-order chi connectivity index (χ1) is 20.3. The van der Waals surface area contributed by atoms with Crippen LogP contribution in [0.4, 0.5) is 0 Å². The second kappa shape index (κ2) is 15.2. The fraction of sp³-hybridized carbons (Fsp3) is 0.778. The van der Waals surface area contributed by atoms with Gasteiger partial charge in [0.15, 0.2) is 0 Å². The van der Waals surface area contributed by atoms with Gasteiger partial charge in [0.2, 0.25) is 0 Å². The molecule has 5 N–H and O–H groups in total. The van der Waals surface area contributed by atoms with E-state index in [0.717, 1.165) is 55.2 Å². The van der Waals surface area contributed by atoms with Crippen molar-refractivity contribution in [2.45, 2.75) is 127 Å². The molecule has 0 saturated heterocycles. The van der Waals surface area contributed by atoms with E-state index in [2.05, 4.69) is 43.0 Å². The van der Waals surface area contributed by atoms with Gasteiger partial charge in [0.1, 0.15) is 6.10 Å². The summed E-state index contributed by atoms with van der Waals surface area (Å²) < 4.78 is 6.18. The SMILES string of the molecule is CCCNC(CCC[CH-]N)C1CCC2C3CCC4CC(OC(=O)c5cc(C)cc(C)c5)CCC4(NC)C3CCC12NC.[Zn]. The number of unbranched alkanes of at least 4 members (excludes halogenated alkanes) is 1. The summed E-state index contributed by atoms with van der Waals surface area (Å²) in [6, 6.07) is 6.60. The van der Waals surface area contributed by atoms with Crippen LogP contribution >= 0.6 is 0 Å². The summed E-state index contributed by atoms with van der Waals surface area (Å²) in [7, 11) is 4.47. The Bertz CT molecular complexity index is 1050. The minimum atomic E-state index is -0.151. The molecule has 6 nitrogen and oxygen atoms in total. The van der Waals surface area contributed by atoms with E-state index >= 15 is 0 Å². The van der Waals surface area contributed by atoms with E-state index in [9.17, 15) is 4.79 Å². The Hall–Kier alpha value is -0.847. The molecule has 43 heavy (non-hydrogen) atoms. The molecule has 9 atom stereocenters. The van der Waals surface area contributed by atoms with Gasteiger partial charge >= 0.3 is 5.97 Å². The molecule has 4 saturated carbocycles. The summed E-state index contributed by atoms with van der Waals surface area (Å²) in [5, 5.41) is 12.0. The van der Waals surface area contributed by atoms with E-state index in [0.29, 0.717) is 29.4 Å². The van der Waals surface area contributed by atoms with Gasteiger partial charge < -0.3 is 26.4 Å². The van der Waals surface area contributed by atoms with Gasteiger partial charge in [-0.2, -0.15) is 6.42 Å². The predicted octanol–water partition coefficient (Wildman–Crippen LogP) is 6.05. The molecule has 0 radical (unpaired) electrons. The van der Waals surface area contributed by atoms with Gasteiger partial charge in [-0.15, -0.1) is 0 Å². The van der Waals surface area contributed by atoms with E-state index in [1.807, 2.05) is 32.5 Å². The Morgan fingerprint density at radius 3 is 2.37 bits per heavy atom. The molecule has 0 heterocycles. The second-order valence-electron chi connectivity index (χ2n) is 14.4. The number of fused-ring (bicyclic) bond motifs is 5. The Kier molecular flexibility index (Phi) is 12.3. The topological polar surface area (TPSA) is 88.4 Å². The van der Waals surface area contributed by atoms with E-state index in [4.69, 9.17) is 10.5 Å². The van der Waals surface area contributed by atoms with Crippen molar-refractivity contribution in [2.24, 2.45) is 35.3 Å². The van der Waals surface area contributed by atoms with E-state index < -0.39 is 0 Å². The monoisotopic (exact) mass is 643 g/mol. The molecule has 0 bridgehead atoms. The van der Waals surface area contributed by atoms with Crippen molar-refractivity contribution in [1.29, 1.82) is 0 Å². The number of esters is 1. The second-order valence-corrected chi connectivity index (χ2v) is 14.4. The first-order valence-electron chi connectivity index (χ1n) is 17.3. The summed E-state index contributed by atoms with van der Waals surface area (Å²) in [5.74, 6) is 3.31. The number of rotatable bonds is 12. The van der Waals surface area contributed by atoms with Gasteiger partial charge in [0.05, 0.1) is 5.56 Å². The molecule has 0 aliphatic heterocycles. The number of benzene rings is 1. The molecule has 9 unspecified atom stereocenters. The van der Waals surface area contributed by atoms with E-state index in [1.165, 1.54) is 57.8 Å². The summed E-state index contributed by atoms with van der Waals surface area (Å²) in [4.78, 5) is 13.1. The van der Waals surface area contributed by atoms with Crippen molar-refractivity contribution in [3.8, 4) is 0 Å². The summed E-state index contributed by atoms with van der Waals surface area (Å²) >= 11 is 0. The number of hydrogen-bond acceptors (Lipinski definition) is 6. The minimum absolute atomic E-state index is 0. The number of carbonyl (C=O) groups excluding carboxylic acids is 1. The van der Waals surface area contributed by atoms with E-state index in [-0.39, 0.29) is 42.6 Å². The Labute approximate surface area is 275 Å². The molecular weight excluding hydrogens is 586 g/mol. The van der Waals surface area contributed by atoms with Crippen LogP contribution in [0.15, 0.2) is 18.2 Å². The van der Waals surface area contributed by atoms with Crippen LogP contribution in [0.3, 0.4) is 0 Å². The molecular formula is C36H59N4O2Zn-. The Morgan fingerprint density at radius 1 is 1.00 bits per heavy atom. The maximum Gasteiger partial charge on any atom is 0.338 e.